The maximum atomic E-state index is 13.0. The van der Waals surface area contributed by atoms with E-state index in [4.69, 9.17) is 21.4 Å². The molecule has 0 atom stereocenters. The van der Waals surface area contributed by atoms with E-state index in [1.807, 2.05) is 55.5 Å². The molecule has 3 amide bonds. The molecule has 2 N–H and O–H groups in total. The average molecular weight is 657 g/mol. The van der Waals surface area contributed by atoms with E-state index in [9.17, 15) is 9.59 Å². The van der Waals surface area contributed by atoms with Gasteiger partial charge in [0.25, 0.3) is 0 Å². The molecule has 5 aromatic rings. The first-order valence-electron chi connectivity index (χ1n) is 15.0. The minimum Gasteiger partial charge on any atom is -0.424 e. The Morgan fingerprint density at radius 3 is 2.52 bits per heavy atom. The van der Waals surface area contributed by atoms with Gasteiger partial charge in [0.1, 0.15) is 11.6 Å². The molecule has 11 nitrogen and oxygen atoms in total. The molecule has 0 unspecified atom stereocenters. The molecule has 46 heavy (non-hydrogen) atoms. The Morgan fingerprint density at radius 1 is 1.02 bits per heavy atom. The zero-order valence-electron chi connectivity index (χ0n) is 25.7. The molecule has 0 saturated carbocycles. The summed E-state index contributed by atoms with van der Waals surface area (Å²) in [6.07, 6.45) is 7.98. The summed E-state index contributed by atoms with van der Waals surface area (Å²) in [7, 11) is 0. The number of anilines is 3. The van der Waals surface area contributed by atoms with E-state index in [-0.39, 0.29) is 11.9 Å². The van der Waals surface area contributed by atoms with Crippen molar-refractivity contribution in [3.63, 3.8) is 0 Å². The van der Waals surface area contributed by atoms with Gasteiger partial charge in [0, 0.05) is 25.2 Å². The summed E-state index contributed by atoms with van der Waals surface area (Å²) in [5.41, 5.74) is 3.88. The first-order valence-corrected chi connectivity index (χ1v) is 16.2. The third kappa shape index (κ3) is 7.35. The van der Waals surface area contributed by atoms with Crippen molar-refractivity contribution in [2.24, 2.45) is 5.92 Å². The van der Waals surface area contributed by atoms with Crippen LogP contribution in [0.1, 0.15) is 44.4 Å². The largest absolute Gasteiger partial charge is 0.424 e. The lowest BCUT2D eigenvalue weighted by Crippen LogP contribution is -2.34. The summed E-state index contributed by atoms with van der Waals surface area (Å²) in [5.74, 6) is 1.55. The Hall–Kier alpha value is -4.81. The van der Waals surface area contributed by atoms with Gasteiger partial charge in [-0.2, -0.15) is 5.10 Å². The highest BCUT2D eigenvalue weighted by atomic mass is 35.5. The Balaban J connectivity index is 1.08. The number of ether oxygens (including phenoxy) is 1. The number of benzene rings is 2. The predicted octanol–water partition coefficient (Wildman–Crippen LogP) is 7.90. The van der Waals surface area contributed by atoms with E-state index in [2.05, 4.69) is 39.4 Å². The molecule has 0 aliphatic carbocycles. The first-order chi connectivity index (χ1) is 22.2. The molecule has 2 aromatic carbocycles. The van der Waals surface area contributed by atoms with Crippen LogP contribution in [-0.2, 0) is 11.2 Å². The molecular weight excluding hydrogens is 624 g/mol. The quantitative estimate of drug-likeness (QED) is 0.165. The predicted molar refractivity (Wildman–Crippen MR) is 180 cm³/mol. The van der Waals surface area contributed by atoms with Gasteiger partial charge in [-0.15, -0.1) is 0 Å². The summed E-state index contributed by atoms with van der Waals surface area (Å²) >= 11 is 8.02. The maximum absolute atomic E-state index is 13.0. The van der Waals surface area contributed by atoms with Crippen LogP contribution in [0, 0.1) is 12.8 Å². The number of carbonyl (C=O) groups excluding carboxylic acids is 2. The first kappa shape index (κ1) is 31.2. The zero-order valence-corrected chi connectivity index (χ0v) is 27.2. The Kier molecular flexibility index (Phi) is 9.27. The van der Waals surface area contributed by atoms with Gasteiger partial charge < -0.3 is 10.1 Å². The monoisotopic (exact) mass is 656 g/mol. The molecule has 6 rings (SSSR count). The molecule has 1 saturated heterocycles. The van der Waals surface area contributed by atoms with Crippen molar-refractivity contribution in [1.29, 1.82) is 0 Å². The second-order valence-corrected chi connectivity index (χ2v) is 12.9. The summed E-state index contributed by atoms with van der Waals surface area (Å²) in [5, 5.41) is 11.6. The number of aryl methyl sites for hydroxylation is 1. The fourth-order valence-corrected chi connectivity index (χ4v) is 6.32. The topological polar surface area (TPSA) is 127 Å². The lowest BCUT2D eigenvalue weighted by molar-refractivity contribution is -0.119. The summed E-state index contributed by atoms with van der Waals surface area (Å²) in [6, 6.07) is 14.7. The van der Waals surface area contributed by atoms with Crippen molar-refractivity contribution in [2.75, 3.05) is 22.1 Å². The summed E-state index contributed by atoms with van der Waals surface area (Å²) in [6.45, 7) is 6.90. The number of halogens is 1. The highest BCUT2D eigenvalue weighted by Crippen LogP contribution is 2.34. The van der Waals surface area contributed by atoms with Gasteiger partial charge in [-0.3, -0.25) is 15.0 Å². The lowest BCUT2D eigenvalue weighted by Gasteiger charge is -2.23. The van der Waals surface area contributed by atoms with Gasteiger partial charge in [-0.25, -0.2) is 24.4 Å². The number of thiazole rings is 1. The van der Waals surface area contributed by atoms with Crippen molar-refractivity contribution < 1.29 is 14.3 Å². The number of hydrogen-bond acceptors (Lipinski definition) is 8. The van der Waals surface area contributed by atoms with Gasteiger partial charge >= 0.3 is 12.0 Å². The van der Waals surface area contributed by atoms with Crippen LogP contribution >= 0.6 is 22.9 Å². The van der Waals surface area contributed by atoms with Crippen LogP contribution in [0.3, 0.4) is 0 Å². The molecule has 3 aromatic heterocycles. The second-order valence-electron chi connectivity index (χ2n) is 11.5. The van der Waals surface area contributed by atoms with Crippen molar-refractivity contribution in [1.82, 2.24) is 24.7 Å². The molecule has 1 aliphatic heterocycles. The van der Waals surface area contributed by atoms with Crippen LogP contribution in [-0.4, -0.2) is 43.2 Å². The fourth-order valence-electron chi connectivity index (χ4n) is 5.04. The minimum atomic E-state index is -0.482. The Labute approximate surface area is 275 Å². The Bertz CT molecular complexity index is 1850. The van der Waals surface area contributed by atoms with Crippen LogP contribution in [0.2, 0.25) is 5.02 Å². The van der Waals surface area contributed by atoms with E-state index in [1.54, 1.807) is 15.8 Å². The number of aromatic nitrogens is 5. The fraction of sp³-hybridized carbons (Fsp3) is 0.273. The van der Waals surface area contributed by atoms with Crippen molar-refractivity contribution in [2.45, 2.75) is 46.5 Å². The number of hydrogen-bond donors (Lipinski definition) is 2. The Morgan fingerprint density at radius 2 is 1.80 bits per heavy atom. The average Bonchev–Trinajstić information content (AvgIpc) is 3.66. The van der Waals surface area contributed by atoms with E-state index in [1.165, 1.54) is 23.7 Å². The SMILES string of the molecule is Cc1ccc(-n2nc(CC(C)C)cc2NC(=O)Nc2cnc(Oc3ccc(-c4cnc(N5CCCCC5=O)s4)cc3)nc2)c(Cl)c1. The highest BCUT2D eigenvalue weighted by Gasteiger charge is 2.22. The number of urea groups is 1. The lowest BCUT2D eigenvalue weighted by atomic mass is 10.1. The van der Waals surface area contributed by atoms with Crippen molar-refractivity contribution in [3.8, 4) is 27.9 Å². The number of carbonyl (C=O) groups is 2. The molecule has 0 spiro atoms. The van der Waals surface area contributed by atoms with Gasteiger partial charge in [-0.1, -0.05) is 42.9 Å². The van der Waals surface area contributed by atoms with E-state index in [0.29, 0.717) is 46.8 Å². The molecule has 1 fully saturated rings. The third-order valence-electron chi connectivity index (χ3n) is 7.23. The number of nitrogens with zero attached hydrogens (tertiary/aromatic N) is 6. The number of amides is 3. The van der Waals surface area contributed by atoms with Crippen molar-refractivity contribution in [3.05, 3.63) is 83.4 Å². The number of piperidine rings is 1. The molecule has 236 valence electrons. The van der Waals surface area contributed by atoms with Gasteiger partial charge in [-0.05, 0) is 79.6 Å². The number of rotatable bonds is 9. The zero-order chi connectivity index (χ0) is 32.2. The van der Waals surface area contributed by atoms with Crippen LogP contribution in [0.4, 0.5) is 21.4 Å². The van der Waals surface area contributed by atoms with Crippen LogP contribution in [0.25, 0.3) is 16.1 Å². The second kappa shape index (κ2) is 13.7. The third-order valence-corrected chi connectivity index (χ3v) is 8.60. The summed E-state index contributed by atoms with van der Waals surface area (Å²) in [4.78, 5) is 40.9. The molecule has 4 heterocycles. The summed E-state index contributed by atoms with van der Waals surface area (Å²) < 4.78 is 7.46. The number of nitrogens with one attached hydrogen (secondary N) is 2. The minimum absolute atomic E-state index is 0.129. The van der Waals surface area contributed by atoms with Gasteiger partial charge in [0.15, 0.2) is 5.13 Å². The smallest absolute Gasteiger partial charge is 0.324 e. The van der Waals surface area contributed by atoms with E-state index < -0.39 is 6.03 Å². The van der Waals surface area contributed by atoms with Crippen molar-refractivity contribution >= 4 is 51.5 Å². The van der Waals surface area contributed by atoms with Crippen LogP contribution in [0.15, 0.2) is 67.1 Å². The maximum Gasteiger partial charge on any atom is 0.324 e. The van der Waals surface area contributed by atoms with E-state index in [0.717, 1.165) is 46.1 Å². The molecule has 1 aliphatic rings. The van der Waals surface area contributed by atoms with E-state index >= 15 is 0 Å². The normalized spacial score (nSPS) is 13.2. The van der Waals surface area contributed by atoms with Crippen LogP contribution < -0.4 is 20.3 Å². The van der Waals surface area contributed by atoms with Gasteiger partial charge in [0.2, 0.25) is 5.91 Å². The molecule has 0 radical (unpaired) electrons. The standard InChI is InChI=1S/C33H33ClN8O3S/c1-20(2)14-23-16-29(42(40-23)27-12-7-21(3)15-26(27)34)39-31(44)38-24-17-35-32(36-18-24)45-25-10-8-22(9-11-25)28-19-37-33(46-28)41-13-5-4-6-30(41)43/h7-12,15-20H,4-6,13-14H2,1-3H3,(H2,38,39,44). The molecular formula is C33H33ClN8O3S. The molecule has 0 bridgehead atoms. The van der Waals surface area contributed by atoms with Gasteiger partial charge in [0.05, 0.1) is 39.4 Å². The highest BCUT2D eigenvalue weighted by molar-refractivity contribution is 7.19. The molecule has 13 heteroatoms. The van der Waals surface area contributed by atoms with Crippen LogP contribution in [0.5, 0.6) is 11.8 Å².